The van der Waals surface area contributed by atoms with Gasteiger partial charge in [-0.15, -0.1) is 0 Å². The minimum absolute atomic E-state index is 0.0566. The van der Waals surface area contributed by atoms with Crippen LogP contribution in [0.4, 0.5) is 8.78 Å². The van der Waals surface area contributed by atoms with E-state index in [1.807, 2.05) is 0 Å². The second kappa shape index (κ2) is 7.26. The second-order valence-corrected chi connectivity index (χ2v) is 4.66. The molecule has 0 atom stereocenters. The Morgan fingerprint density at radius 1 is 0.826 bits per heavy atom. The van der Waals surface area contributed by atoms with E-state index in [1.54, 1.807) is 24.3 Å². The van der Waals surface area contributed by atoms with Crippen LogP contribution in [0, 0.1) is 11.6 Å². The van der Waals surface area contributed by atoms with Gasteiger partial charge in [-0.2, -0.15) is 0 Å². The van der Waals surface area contributed by atoms with Crippen molar-refractivity contribution < 1.29 is 23.5 Å². The van der Waals surface area contributed by atoms with Gasteiger partial charge in [-0.05, 0) is 41.5 Å². The molecule has 0 aliphatic heterocycles. The maximum absolute atomic E-state index is 13.1. The van der Waals surface area contributed by atoms with Crippen molar-refractivity contribution in [3.05, 3.63) is 82.9 Å². The summed E-state index contributed by atoms with van der Waals surface area (Å²) in [5.74, 6) is -3.56. The van der Waals surface area contributed by atoms with Gasteiger partial charge in [0.1, 0.15) is 0 Å². The van der Waals surface area contributed by atoms with Crippen molar-refractivity contribution in [3.63, 3.8) is 0 Å². The predicted molar refractivity (Wildman–Crippen MR) is 82.8 cm³/mol. The van der Waals surface area contributed by atoms with Crippen LogP contribution >= 0.6 is 0 Å². The van der Waals surface area contributed by atoms with Crippen LogP contribution in [0.3, 0.4) is 0 Å². The Morgan fingerprint density at radius 2 is 1.39 bits per heavy atom. The first kappa shape index (κ1) is 16.3. The summed E-state index contributed by atoms with van der Waals surface area (Å²) in [5.41, 5.74) is 1.48. The zero-order valence-corrected chi connectivity index (χ0v) is 11.9. The number of carbonyl (C=O) groups excluding carboxylic acids is 1. The van der Waals surface area contributed by atoms with Gasteiger partial charge >= 0.3 is 5.97 Å². The molecule has 0 aromatic heterocycles. The van der Waals surface area contributed by atoms with Crippen molar-refractivity contribution in [2.45, 2.75) is 0 Å². The molecule has 0 saturated carbocycles. The van der Waals surface area contributed by atoms with Gasteiger partial charge < -0.3 is 5.11 Å². The van der Waals surface area contributed by atoms with E-state index in [0.29, 0.717) is 11.1 Å². The fourth-order valence-electron chi connectivity index (χ4n) is 1.80. The Morgan fingerprint density at radius 3 is 1.91 bits per heavy atom. The van der Waals surface area contributed by atoms with E-state index in [-0.39, 0.29) is 5.56 Å². The van der Waals surface area contributed by atoms with Crippen molar-refractivity contribution in [2.75, 3.05) is 0 Å². The molecule has 0 bridgehead atoms. The lowest BCUT2D eigenvalue weighted by molar-refractivity contribution is -0.131. The van der Waals surface area contributed by atoms with Gasteiger partial charge in [-0.1, -0.05) is 30.3 Å². The van der Waals surface area contributed by atoms with Gasteiger partial charge in [0.25, 0.3) is 0 Å². The van der Waals surface area contributed by atoms with E-state index in [0.717, 1.165) is 18.2 Å². The van der Waals surface area contributed by atoms with Gasteiger partial charge in [-0.3, -0.25) is 4.79 Å². The first-order valence-corrected chi connectivity index (χ1v) is 6.64. The summed E-state index contributed by atoms with van der Waals surface area (Å²) >= 11 is 0. The molecule has 0 aliphatic carbocycles. The maximum atomic E-state index is 13.1. The third kappa shape index (κ3) is 4.71. The number of aliphatic carboxylic acids is 1. The number of carboxylic acid groups (broad SMARTS) is 1. The van der Waals surface area contributed by atoms with Crippen molar-refractivity contribution in [3.8, 4) is 0 Å². The summed E-state index contributed by atoms with van der Waals surface area (Å²) in [6, 6.07) is 9.77. The summed E-state index contributed by atoms with van der Waals surface area (Å²) in [6.07, 6.45) is 5.27. The third-order valence-electron chi connectivity index (χ3n) is 2.99. The molecule has 5 heteroatoms. The highest BCUT2D eigenvalue weighted by Crippen LogP contribution is 2.12. The van der Waals surface area contributed by atoms with Gasteiger partial charge in [0.2, 0.25) is 0 Å². The number of benzene rings is 2. The first-order chi connectivity index (χ1) is 11.0. The molecule has 3 nitrogen and oxygen atoms in total. The van der Waals surface area contributed by atoms with Crippen LogP contribution < -0.4 is 0 Å². The lowest BCUT2D eigenvalue weighted by Crippen LogP contribution is -1.96. The Hall–Kier alpha value is -3.08. The third-order valence-corrected chi connectivity index (χ3v) is 2.99. The molecule has 0 saturated heterocycles. The van der Waals surface area contributed by atoms with Gasteiger partial charge in [0, 0.05) is 11.6 Å². The lowest BCUT2D eigenvalue weighted by Gasteiger charge is -1.98. The monoisotopic (exact) mass is 314 g/mol. The van der Waals surface area contributed by atoms with Gasteiger partial charge in [0.15, 0.2) is 17.4 Å². The Balaban J connectivity index is 2.08. The van der Waals surface area contributed by atoms with Gasteiger partial charge in [0.05, 0.1) is 0 Å². The van der Waals surface area contributed by atoms with Crippen LogP contribution in [0.2, 0.25) is 0 Å². The molecule has 116 valence electrons. The number of rotatable bonds is 5. The molecule has 0 spiro atoms. The molecule has 0 radical (unpaired) electrons. The minimum atomic E-state index is -1.07. The minimum Gasteiger partial charge on any atom is -0.478 e. The van der Waals surface area contributed by atoms with E-state index in [9.17, 15) is 18.4 Å². The van der Waals surface area contributed by atoms with Crippen LogP contribution in [-0.2, 0) is 4.79 Å². The first-order valence-electron chi connectivity index (χ1n) is 6.64. The Labute approximate surface area is 131 Å². The molecule has 1 N–H and O–H groups in total. The number of halogens is 2. The Bertz CT molecular complexity index is 790. The average molecular weight is 314 g/mol. The molecule has 2 rings (SSSR count). The van der Waals surface area contributed by atoms with Crippen LogP contribution in [0.25, 0.3) is 12.2 Å². The van der Waals surface area contributed by atoms with Crippen LogP contribution in [0.1, 0.15) is 21.5 Å². The van der Waals surface area contributed by atoms with E-state index < -0.39 is 23.4 Å². The SMILES string of the molecule is O=C(O)/C=C/c1ccc(/C=C/C(=O)c2ccc(F)c(F)c2)cc1. The summed E-state index contributed by atoms with van der Waals surface area (Å²) in [5, 5.41) is 8.53. The van der Waals surface area contributed by atoms with E-state index in [2.05, 4.69) is 0 Å². The molecule has 0 fully saturated rings. The molecule has 0 unspecified atom stereocenters. The zero-order chi connectivity index (χ0) is 16.8. The summed E-state index contributed by atoms with van der Waals surface area (Å²) in [4.78, 5) is 22.3. The van der Waals surface area contributed by atoms with Crippen LogP contribution in [0.15, 0.2) is 54.6 Å². The van der Waals surface area contributed by atoms with Crippen molar-refractivity contribution in [1.29, 1.82) is 0 Å². The normalized spacial score (nSPS) is 11.2. The van der Waals surface area contributed by atoms with Gasteiger partial charge in [-0.25, -0.2) is 13.6 Å². The topological polar surface area (TPSA) is 54.4 Å². The van der Waals surface area contributed by atoms with Crippen molar-refractivity contribution in [1.82, 2.24) is 0 Å². The van der Waals surface area contributed by atoms with Crippen LogP contribution in [-0.4, -0.2) is 16.9 Å². The van der Waals surface area contributed by atoms with Crippen molar-refractivity contribution in [2.24, 2.45) is 0 Å². The number of hydrogen-bond donors (Lipinski definition) is 1. The zero-order valence-electron chi connectivity index (χ0n) is 11.9. The number of carboxylic acids is 1. The van der Waals surface area contributed by atoms with Crippen LogP contribution in [0.5, 0.6) is 0 Å². The predicted octanol–water partition coefficient (Wildman–Crippen LogP) is 3.96. The molecule has 23 heavy (non-hydrogen) atoms. The van der Waals surface area contributed by atoms with E-state index in [4.69, 9.17) is 5.11 Å². The number of ketones is 1. The molecule has 2 aromatic rings. The number of carbonyl (C=O) groups is 2. The summed E-state index contributed by atoms with van der Waals surface area (Å²) < 4.78 is 25.9. The average Bonchev–Trinajstić information content (AvgIpc) is 2.54. The summed E-state index contributed by atoms with van der Waals surface area (Å²) in [7, 11) is 0. The Kier molecular flexibility index (Phi) is 5.15. The lowest BCUT2D eigenvalue weighted by atomic mass is 10.1. The standard InChI is InChI=1S/C18H12F2O3/c19-15-8-7-14(11-16(15)20)17(21)9-5-12-1-3-13(4-2-12)6-10-18(22)23/h1-11H,(H,22,23)/b9-5+,10-6+. The fourth-order valence-corrected chi connectivity index (χ4v) is 1.80. The summed E-state index contributed by atoms with van der Waals surface area (Å²) in [6.45, 7) is 0. The number of hydrogen-bond acceptors (Lipinski definition) is 2. The maximum Gasteiger partial charge on any atom is 0.328 e. The molecule has 2 aromatic carbocycles. The van der Waals surface area contributed by atoms with E-state index in [1.165, 1.54) is 24.3 Å². The largest absolute Gasteiger partial charge is 0.478 e. The quantitative estimate of drug-likeness (QED) is 0.671. The molecular formula is C18H12F2O3. The van der Waals surface area contributed by atoms with E-state index >= 15 is 0 Å². The molecule has 0 amide bonds. The fraction of sp³-hybridized carbons (Fsp3) is 0. The highest BCUT2D eigenvalue weighted by Gasteiger charge is 2.06. The molecule has 0 heterocycles. The highest BCUT2D eigenvalue weighted by atomic mass is 19.2. The smallest absolute Gasteiger partial charge is 0.328 e. The molecule has 0 aliphatic rings. The second-order valence-electron chi connectivity index (χ2n) is 4.66. The van der Waals surface area contributed by atoms with Crippen molar-refractivity contribution >= 4 is 23.9 Å². The molecular weight excluding hydrogens is 302 g/mol. The highest BCUT2D eigenvalue weighted by molar-refractivity contribution is 6.06. The number of allylic oxidation sites excluding steroid dienone is 1.